The molecule has 0 spiro atoms. The lowest BCUT2D eigenvalue weighted by atomic mass is 10.1. The molecule has 0 aromatic heterocycles. The summed E-state index contributed by atoms with van der Waals surface area (Å²) in [4.78, 5) is 23.3. The third-order valence-corrected chi connectivity index (χ3v) is 3.87. The number of aromatic carboxylic acids is 1. The van der Waals surface area contributed by atoms with Crippen molar-refractivity contribution in [2.45, 2.75) is 6.42 Å². The van der Waals surface area contributed by atoms with Crippen LogP contribution in [-0.2, 0) is 11.2 Å². The molecule has 0 unspecified atom stereocenters. The molecule has 0 heterocycles. The summed E-state index contributed by atoms with van der Waals surface area (Å²) in [5, 5.41) is 11.9. The predicted octanol–water partition coefficient (Wildman–Crippen LogP) is 2.39. The number of carbonyl (C=O) groups excluding carboxylic acids is 1. The highest BCUT2D eigenvalue weighted by molar-refractivity contribution is 5.94. The van der Waals surface area contributed by atoms with Crippen molar-refractivity contribution in [3.05, 3.63) is 59.2 Å². The van der Waals surface area contributed by atoms with E-state index in [2.05, 4.69) is 5.32 Å². The molecule has 0 saturated carbocycles. The highest BCUT2D eigenvalue weighted by Crippen LogP contribution is 2.21. The van der Waals surface area contributed by atoms with E-state index >= 15 is 0 Å². The van der Waals surface area contributed by atoms with Crippen LogP contribution in [-0.4, -0.2) is 51.0 Å². The highest BCUT2D eigenvalue weighted by atomic mass is 16.5. The Kier molecular flexibility index (Phi) is 7.63. The third kappa shape index (κ3) is 6.00. The van der Waals surface area contributed by atoms with Gasteiger partial charge in [0.05, 0.1) is 19.3 Å². The van der Waals surface area contributed by atoms with Gasteiger partial charge < -0.3 is 24.6 Å². The number of methoxy groups -OCH3 is 2. The molecule has 0 bridgehead atoms. The lowest BCUT2D eigenvalue weighted by Crippen LogP contribution is -2.25. The summed E-state index contributed by atoms with van der Waals surface area (Å²) in [5.74, 6) is -0.141. The molecule has 2 aromatic carbocycles. The smallest absolute Gasteiger partial charge is 0.335 e. The Morgan fingerprint density at radius 1 is 1.04 bits per heavy atom. The highest BCUT2D eigenvalue weighted by Gasteiger charge is 2.10. The van der Waals surface area contributed by atoms with E-state index in [1.54, 1.807) is 37.4 Å². The molecular formula is C20H23NO6. The van der Waals surface area contributed by atoms with Gasteiger partial charge in [-0.3, -0.25) is 4.79 Å². The second-order valence-corrected chi connectivity index (χ2v) is 5.71. The Morgan fingerprint density at radius 3 is 2.56 bits per heavy atom. The molecule has 1 amide bonds. The van der Waals surface area contributed by atoms with Gasteiger partial charge in [0.25, 0.3) is 5.91 Å². The maximum Gasteiger partial charge on any atom is 0.335 e. The van der Waals surface area contributed by atoms with Gasteiger partial charge in [-0.25, -0.2) is 4.79 Å². The van der Waals surface area contributed by atoms with Crippen molar-refractivity contribution in [3.8, 4) is 11.5 Å². The average Bonchev–Trinajstić information content (AvgIpc) is 2.68. The number of benzene rings is 2. The second kappa shape index (κ2) is 10.2. The monoisotopic (exact) mass is 373 g/mol. The van der Waals surface area contributed by atoms with Crippen molar-refractivity contribution >= 4 is 11.9 Å². The number of rotatable bonds is 10. The Labute approximate surface area is 157 Å². The third-order valence-electron chi connectivity index (χ3n) is 3.87. The molecule has 2 rings (SSSR count). The molecule has 7 heteroatoms. The number of nitrogens with one attached hydrogen (secondary N) is 1. The van der Waals surface area contributed by atoms with Crippen LogP contribution in [0.3, 0.4) is 0 Å². The zero-order chi connectivity index (χ0) is 19.6. The summed E-state index contributed by atoms with van der Waals surface area (Å²) in [6.07, 6.45) is 0.513. The van der Waals surface area contributed by atoms with Crippen molar-refractivity contribution in [1.82, 2.24) is 5.32 Å². The fraction of sp³-hybridized carbons (Fsp3) is 0.300. The maximum absolute atomic E-state index is 12.3. The van der Waals surface area contributed by atoms with Crippen LogP contribution in [0.5, 0.6) is 11.5 Å². The number of amides is 1. The average molecular weight is 373 g/mol. The largest absolute Gasteiger partial charge is 0.496 e. The number of carboxylic acid groups (broad SMARTS) is 1. The van der Waals surface area contributed by atoms with Gasteiger partial charge in [0, 0.05) is 19.2 Å². The lowest BCUT2D eigenvalue weighted by molar-refractivity contribution is 0.0696. The van der Waals surface area contributed by atoms with Crippen LogP contribution in [0.4, 0.5) is 0 Å². The number of carboxylic acids is 1. The van der Waals surface area contributed by atoms with Gasteiger partial charge >= 0.3 is 5.97 Å². The molecule has 2 aromatic rings. The van der Waals surface area contributed by atoms with Gasteiger partial charge in [-0.1, -0.05) is 12.1 Å². The van der Waals surface area contributed by atoms with Crippen molar-refractivity contribution in [1.29, 1.82) is 0 Å². The van der Waals surface area contributed by atoms with Gasteiger partial charge in [0.15, 0.2) is 0 Å². The summed E-state index contributed by atoms with van der Waals surface area (Å²) >= 11 is 0. The first-order valence-corrected chi connectivity index (χ1v) is 8.45. The topological polar surface area (TPSA) is 94.1 Å². The first-order chi connectivity index (χ1) is 13.0. The van der Waals surface area contributed by atoms with E-state index in [9.17, 15) is 9.59 Å². The minimum Gasteiger partial charge on any atom is -0.496 e. The minimum atomic E-state index is -1.01. The van der Waals surface area contributed by atoms with E-state index in [-0.39, 0.29) is 11.5 Å². The molecule has 0 radical (unpaired) electrons. The van der Waals surface area contributed by atoms with Crippen molar-refractivity contribution in [2.75, 3.05) is 34.0 Å². The van der Waals surface area contributed by atoms with E-state index in [0.29, 0.717) is 43.2 Å². The van der Waals surface area contributed by atoms with Crippen LogP contribution in [0.15, 0.2) is 42.5 Å². The Morgan fingerprint density at radius 2 is 1.85 bits per heavy atom. The molecule has 27 heavy (non-hydrogen) atoms. The normalized spacial score (nSPS) is 10.3. The fourth-order valence-corrected chi connectivity index (χ4v) is 2.47. The lowest BCUT2D eigenvalue weighted by Gasteiger charge is -2.11. The van der Waals surface area contributed by atoms with E-state index < -0.39 is 5.97 Å². The molecule has 0 atom stereocenters. The molecule has 0 saturated heterocycles. The maximum atomic E-state index is 12.3. The van der Waals surface area contributed by atoms with Crippen LogP contribution >= 0.6 is 0 Å². The molecule has 144 valence electrons. The molecule has 0 aliphatic heterocycles. The molecule has 2 N–H and O–H groups in total. The predicted molar refractivity (Wildman–Crippen MR) is 99.8 cm³/mol. The van der Waals surface area contributed by atoms with Gasteiger partial charge in [0.2, 0.25) is 0 Å². The summed E-state index contributed by atoms with van der Waals surface area (Å²) in [6.45, 7) is 1.27. The summed E-state index contributed by atoms with van der Waals surface area (Å²) in [6, 6.07) is 11.6. The van der Waals surface area contributed by atoms with E-state index in [0.717, 1.165) is 5.56 Å². The van der Waals surface area contributed by atoms with Gasteiger partial charge in [-0.05, 0) is 42.3 Å². The summed E-state index contributed by atoms with van der Waals surface area (Å²) in [7, 11) is 3.08. The molecular weight excluding hydrogens is 350 g/mol. The standard InChI is InChI=1S/C20H23NO6/c1-25-10-11-27-17-5-3-4-15(12-17)19(22)21-9-8-14-6-7-16(20(23)24)13-18(14)26-2/h3-7,12-13H,8-11H2,1-2H3,(H,21,22)(H,23,24). The zero-order valence-electron chi connectivity index (χ0n) is 15.4. The number of carbonyl (C=O) groups is 2. The van der Waals surface area contributed by atoms with Crippen LogP contribution in [0.1, 0.15) is 26.3 Å². The van der Waals surface area contributed by atoms with Gasteiger partial charge in [-0.15, -0.1) is 0 Å². The number of ether oxygens (including phenoxy) is 3. The fourth-order valence-electron chi connectivity index (χ4n) is 2.47. The Hall–Kier alpha value is -3.06. The van der Waals surface area contributed by atoms with Crippen LogP contribution < -0.4 is 14.8 Å². The molecule has 7 nitrogen and oxygen atoms in total. The second-order valence-electron chi connectivity index (χ2n) is 5.71. The summed E-state index contributed by atoms with van der Waals surface area (Å²) in [5.41, 5.74) is 1.47. The van der Waals surface area contributed by atoms with Crippen molar-refractivity contribution in [2.24, 2.45) is 0 Å². The Bertz CT molecular complexity index is 790. The van der Waals surface area contributed by atoms with Gasteiger partial charge in [0.1, 0.15) is 18.1 Å². The molecule has 0 aliphatic carbocycles. The van der Waals surface area contributed by atoms with Crippen LogP contribution in [0, 0.1) is 0 Å². The first kappa shape index (κ1) is 20.3. The van der Waals surface area contributed by atoms with Gasteiger partial charge in [-0.2, -0.15) is 0 Å². The Balaban J connectivity index is 1.92. The van der Waals surface area contributed by atoms with Crippen molar-refractivity contribution in [3.63, 3.8) is 0 Å². The first-order valence-electron chi connectivity index (χ1n) is 8.45. The summed E-state index contributed by atoms with van der Waals surface area (Å²) < 4.78 is 15.7. The quantitative estimate of drug-likeness (QED) is 0.621. The van der Waals surface area contributed by atoms with E-state index in [1.165, 1.54) is 19.2 Å². The van der Waals surface area contributed by atoms with Crippen molar-refractivity contribution < 1.29 is 28.9 Å². The zero-order valence-corrected chi connectivity index (χ0v) is 15.4. The van der Waals surface area contributed by atoms with Crippen LogP contribution in [0.2, 0.25) is 0 Å². The number of hydrogen-bond acceptors (Lipinski definition) is 5. The molecule has 0 aliphatic rings. The van der Waals surface area contributed by atoms with E-state index in [1.807, 2.05) is 0 Å². The number of hydrogen-bond donors (Lipinski definition) is 2. The SMILES string of the molecule is COCCOc1cccc(C(=O)NCCc2ccc(C(=O)O)cc2OC)c1. The molecule has 0 fully saturated rings. The van der Waals surface area contributed by atoms with Crippen LogP contribution in [0.25, 0.3) is 0 Å². The minimum absolute atomic E-state index is 0.157. The van der Waals surface area contributed by atoms with E-state index in [4.69, 9.17) is 19.3 Å².